The van der Waals surface area contributed by atoms with Gasteiger partial charge in [-0.25, -0.2) is 4.79 Å². The van der Waals surface area contributed by atoms with Crippen molar-refractivity contribution in [2.45, 2.75) is 43.7 Å². The molecule has 1 saturated carbocycles. The summed E-state index contributed by atoms with van der Waals surface area (Å²) in [7, 11) is 1.65. The van der Waals surface area contributed by atoms with Crippen LogP contribution in [0.25, 0.3) is 0 Å². The van der Waals surface area contributed by atoms with Gasteiger partial charge in [-0.15, -0.1) is 0 Å². The van der Waals surface area contributed by atoms with Crippen molar-refractivity contribution in [1.29, 1.82) is 0 Å². The molecule has 1 aromatic carbocycles. The summed E-state index contributed by atoms with van der Waals surface area (Å²) >= 11 is 1.93. The van der Waals surface area contributed by atoms with Crippen LogP contribution in [-0.2, 0) is 10.3 Å². The van der Waals surface area contributed by atoms with Gasteiger partial charge in [0.15, 0.2) is 11.5 Å². The van der Waals surface area contributed by atoms with Gasteiger partial charge in [0.2, 0.25) is 6.08 Å². The van der Waals surface area contributed by atoms with Gasteiger partial charge >= 0.3 is 0 Å². The van der Waals surface area contributed by atoms with Crippen molar-refractivity contribution in [3.63, 3.8) is 0 Å². The second-order valence-electron chi connectivity index (χ2n) is 5.88. The Labute approximate surface area is 135 Å². The zero-order valence-electron chi connectivity index (χ0n) is 12.8. The predicted octanol–water partition coefficient (Wildman–Crippen LogP) is 3.68. The van der Waals surface area contributed by atoms with Crippen LogP contribution in [0.2, 0.25) is 0 Å². The fourth-order valence-corrected chi connectivity index (χ4v) is 4.24. The normalized spacial score (nSPS) is 23.0. The summed E-state index contributed by atoms with van der Waals surface area (Å²) in [6, 6.07) is 5.89. The smallest absolute Gasteiger partial charge is 0.235 e. The van der Waals surface area contributed by atoms with E-state index >= 15 is 0 Å². The van der Waals surface area contributed by atoms with E-state index in [0.29, 0.717) is 0 Å². The highest BCUT2D eigenvalue weighted by Gasteiger charge is 2.42. The minimum Gasteiger partial charge on any atom is -0.492 e. The summed E-state index contributed by atoms with van der Waals surface area (Å²) in [5.74, 6) is 3.72. The maximum absolute atomic E-state index is 10.8. The van der Waals surface area contributed by atoms with Crippen LogP contribution in [0.3, 0.4) is 0 Å². The molecule has 1 aromatic rings. The van der Waals surface area contributed by atoms with Gasteiger partial charge in [0.25, 0.3) is 0 Å². The molecule has 0 N–H and O–H groups in total. The molecule has 0 aromatic heterocycles. The van der Waals surface area contributed by atoms with Gasteiger partial charge in [0.1, 0.15) is 11.6 Å². The molecule has 0 amide bonds. The number of ether oxygens (including phenoxy) is 2. The third kappa shape index (κ3) is 2.88. The summed E-state index contributed by atoms with van der Waals surface area (Å²) < 4.78 is 11.8. The van der Waals surface area contributed by atoms with Crippen LogP contribution in [0.15, 0.2) is 23.2 Å². The molecule has 4 nitrogen and oxygen atoms in total. The Morgan fingerprint density at radius 2 is 2.23 bits per heavy atom. The Kier molecular flexibility index (Phi) is 4.74. The average Bonchev–Trinajstić information content (AvgIpc) is 2.52. The molecule has 1 unspecified atom stereocenters. The number of para-hydroxylation sites is 1. The number of thioether (sulfide) groups is 1. The number of hydrogen-bond acceptors (Lipinski definition) is 5. The van der Waals surface area contributed by atoms with Crippen molar-refractivity contribution in [1.82, 2.24) is 0 Å². The number of carbonyl (C=O) groups excluding carboxylic acids is 1. The second-order valence-corrected chi connectivity index (χ2v) is 7.03. The maximum atomic E-state index is 10.8. The number of rotatable bonds is 5. The SMILES string of the molecule is COc1c(OC2CCCSC2)cccc1C1(N=C=O)CCC1. The highest BCUT2D eigenvalue weighted by atomic mass is 32.2. The maximum Gasteiger partial charge on any atom is 0.235 e. The summed E-state index contributed by atoms with van der Waals surface area (Å²) in [6.07, 6.45) is 7.03. The zero-order chi connectivity index (χ0) is 15.4. The second kappa shape index (κ2) is 6.76. The minimum absolute atomic E-state index is 0.231. The summed E-state index contributed by atoms with van der Waals surface area (Å²) in [4.78, 5) is 14.9. The molecule has 0 bridgehead atoms. The van der Waals surface area contributed by atoms with Crippen molar-refractivity contribution in [2.75, 3.05) is 18.6 Å². The summed E-state index contributed by atoms with van der Waals surface area (Å²) in [6.45, 7) is 0. The van der Waals surface area contributed by atoms with Gasteiger partial charge < -0.3 is 9.47 Å². The molecule has 118 valence electrons. The topological polar surface area (TPSA) is 47.9 Å². The van der Waals surface area contributed by atoms with Crippen molar-refractivity contribution in [2.24, 2.45) is 4.99 Å². The van der Waals surface area contributed by atoms with E-state index in [9.17, 15) is 4.79 Å². The van der Waals surface area contributed by atoms with E-state index in [-0.39, 0.29) is 6.10 Å². The number of aliphatic imine (C=N–C) groups is 1. The number of benzene rings is 1. The predicted molar refractivity (Wildman–Crippen MR) is 87.6 cm³/mol. The molecule has 2 fully saturated rings. The zero-order valence-corrected chi connectivity index (χ0v) is 13.7. The van der Waals surface area contributed by atoms with Crippen LogP contribution < -0.4 is 9.47 Å². The lowest BCUT2D eigenvalue weighted by molar-refractivity contribution is 0.196. The van der Waals surface area contributed by atoms with Crippen molar-refractivity contribution < 1.29 is 14.3 Å². The van der Waals surface area contributed by atoms with Crippen LogP contribution >= 0.6 is 11.8 Å². The van der Waals surface area contributed by atoms with E-state index in [4.69, 9.17) is 9.47 Å². The van der Waals surface area contributed by atoms with E-state index in [0.717, 1.165) is 48.5 Å². The van der Waals surface area contributed by atoms with Crippen molar-refractivity contribution in [3.8, 4) is 11.5 Å². The quantitative estimate of drug-likeness (QED) is 0.613. The van der Waals surface area contributed by atoms with Gasteiger partial charge in [-0.05, 0) is 43.9 Å². The lowest BCUT2D eigenvalue weighted by Gasteiger charge is -2.38. The van der Waals surface area contributed by atoms with E-state index in [1.54, 1.807) is 13.2 Å². The molecule has 1 atom stereocenters. The van der Waals surface area contributed by atoms with E-state index in [2.05, 4.69) is 4.99 Å². The third-order valence-electron chi connectivity index (χ3n) is 4.54. The van der Waals surface area contributed by atoms with Crippen molar-refractivity contribution in [3.05, 3.63) is 23.8 Å². The highest BCUT2D eigenvalue weighted by Crippen LogP contribution is 2.50. The van der Waals surface area contributed by atoms with Crippen LogP contribution in [0.4, 0.5) is 0 Å². The largest absolute Gasteiger partial charge is 0.492 e. The molecule has 1 aliphatic carbocycles. The molecule has 2 aliphatic rings. The molecule has 3 rings (SSSR count). The van der Waals surface area contributed by atoms with Crippen molar-refractivity contribution >= 4 is 17.8 Å². The lowest BCUT2D eigenvalue weighted by Crippen LogP contribution is -2.32. The molecule has 22 heavy (non-hydrogen) atoms. The highest BCUT2D eigenvalue weighted by molar-refractivity contribution is 7.99. The first-order chi connectivity index (χ1) is 10.8. The lowest BCUT2D eigenvalue weighted by atomic mass is 9.72. The third-order valence-corrected chi connectivity index (χ3v) is 5.72. The number of hydrogen-bond donors (Lipinski definition) is 0. The Hall–Kier alpha value is -1.45. The minimum atomic E-state index is -0.465. The van der Waals surface area contributed by atoms with E-state index in [1.807, 2.05) is 30.0 Å². The number of nitrogens with zero attached hydrogens (tertiary/aromatic N) is 1. The Balaban J connectivity index is 1.91. The van der Waals surface area contributed by atoms with Gasteiger partial charge in [0, 0.05) is 11.3 Å². The summed E-state index contributed by atoms with van der Waals surface area (Å²) in [5.41, 5.74) is 0.485. The fourth-order valence-electron chi connectivity index (χ4n) is 3.21. The summed E-state index contributed by atoms with van der Waals surface area (Å²) in [5, 5.41) is 0. The number of isocyanates is 1. The van der Waals surface area contributed by atoms with Crippen LogP contribution in [0.1, 0.15) is 37.7 Å². The molecule has 5 heteroatoms. The molecule has 0 radical (unpaired) electrons. The Bertz CT molecular complexity index is 573. The molecule has 1 heterocycles. The standard InChI is InChI=1S/C17H21NO3S/c1-20-16-14(17(18-12-19)8-4-9-17)6-2-7-15(16)21-13-5-3-10-22-11-13/h2,6-7,13H,3-5,8-11H2,1H3. The van der Waals surface area contributed by atoms with Gasteiger partial charge in [-0.2, -0.15) is 16.8 Å². The van der Waals surface area contributed by atoms with E-state index in [1.165, 1.54) is 12.2 Å². The first-order valence-electron chi connectivity index (χ1n) is 7.80. The van der Waals surface area contributed by atoms with Crippen LogP contribution in [-0.4, -0.2) is 30.8 Å². The average molecular weight is 319 g/mol. The van der Waals surface area contributed by atoms with Gasteiger partial charge in [-0.1, -0.05) is 12.1 Å². The van der Waals surface area contributed by atoms with Gasteiger partial charge in [0.05, 0.1) is 7.11 Å². The fraction of sp³-hybridized carbons (Fsp3) is 0.588. The first-order valence-corrected chi connectivity index (χ1v) is 8.95. The van der Waals surface area contributed by atoms with Gasteiger partial charge in [-0.3, -0.25) is 0 Å². The first kappa shape index (κ1) is 15.4. The molecule has 1 aliphatic heterocycles. The molecular weight excluding hydrogens is 298 g/mol. The molecule has 1 saturated heterocycles. The monoisotopic (exact) mass is 319 g/mol. The van der Waals surface area contributed by atoms with Crippen LogP contribution in [0, 0.1) is 0 Å². The Morgan fingerprint density at radius 3 is 2.82 bits per heavy atom. The van der Waals surface area contributed by atoms with E-state index < -0.39 is 5.54 Å². The molecule has 0 spiro atoms. The van der Waals surface area contributed by atoms with Crippen LogP contribution in [0.5, 0.6) is 11.5 Å². The Morgan fingerprint density at radius 1 is 1.36 bits per heavy atom. The number of methoxy groups -OCH3 is 1. The molecular formula is C17H21NO3S.